The summed E-state index contributed by atoms with van der Waals surface area (Å²) in [4.78, 5) is 2.62. The van der Waals surface area contributed by atoms with Crippen LogP contribution in [0.1, 0.15) is 19.3 Å². The quantitative estimate of drug-likeness (QED) is 0.688. The molecule has 0 aromatic rings. The fraction of sp³-hybridized carbons (Fsp3) is 1.00. The van der Waals surface area contributed by atoms with Crippen molar-refractivity contribution in [3.63, 3.8) is 0 Å². The van der Waals surface area contributed by atoms with Crippen molar-refractivity contribution in [2.24, 2.45) is 0 Å². The van der Waals surface area contributed by atoms with Crippen LogP contribution in [0.4, 0.5) is 0 Å². The summed E-state index contributed by atoms with van der Waals surface area (Å²) in [7, 11) is 0. The Kier molecular flexibility index (Phi) is 3.93. The Morgan fingerprint density at radius 1 is 1.06 bits per heavy atom. The van der Waals surface area contributed by atoms with Crippen molar-refractivity contribution < 1.29 is 4.74 Å². The molecule has 3 fully saturated rings. The Bertz CT molecular complexity index is 239. The Labute approximate surface area is 103 Å². The van der Waals surface area contributed by atoms with Gasteiger partial charge in [-0.1, -0.05) is 0 Å². The van der Waals surface area contributed by atoms with Crippen LogP contribution in [-0.2, 0) is 4.74 Å². The van der Waals surface area contributed by atoms with Crippen LogP contribution in [0.15, 0.2) is 0 Å². The van der Waals surface area contributed by atoms with E-state index in [1.165, 1.54) is 25.8 Å². The second-order valence-corrected chi connectivity index (χ2v) is 5.25. The van der Waals surface area contributed by atoms with E-state index in [1.807, 2.05) is 0 Å². The predicted octanol–water partition coefficient (Wildman–Crippen LogP) is -0.393. The van der Waals surface area contributed by atoms with Gasteiger partial charge in [-0.05, 0) is 25.8 Å². The number of ether oxygens (including phenoxy) is 1. The van der Waals surface area contributed by atoms with Gasteiger partial charge in [0.1, 0.15) is 0 Å². The lowest BCUT2D eigenvalue weighted by molar-refractivity contribution is -0.00765. The van der Waals surface area contributed by atoms with Crippen LogP contribution >= 0.6 is 0 Å². The molecule has 0 bridgehead atoms. The predicted molar refractivity (Wildman–Crippen MR) is 66.5 cm³/mol. The maximum atomic E-state index is 5.44. The highest BCUT2D eigenvalue weighted by molar-refractivity contribution is 4.85. The van der Waals surface area contributed by atoms with Crippen molar-refractivity contribution in [3.05, 3.63) is 0 Å². The largest absolute Gasteiger partial charge is 0.379 e. The summed E-state index contributed by atoms with van der Waals surface area (Å²) in [6, 6.07) is 0.743. The first-order valence-corrected chi connectivity index (χ1v) is 6.99. The molecule has 3 heterocycles. The standard InChI is InChI=1S/C12H24N4O/c1-3-14-16(5-1)12-10-11(2-4-13-12)15-6-8-17-9-7-15/h11-14H,1-10H2. The van der Waals surface area contributed by atoms with Gasteiger partial charge in [0.05, 0.1) is 19.4 Å². The second-order valence-electron chi connectivity index (χ2n) is 5.25. The van der Waals surface area contributed by atoms with Crippen LogP contribution in [0.5, 0.6) is 0 Å². The lowest BCUT2D eigenvalue weighted by Gasteiger charge is -2.42. The molecule has 2 atom stereocenters. The molecule has 5 heteroatoms. The number of nitrogens with one attached hydrogen (secondary N) is 2. The molecule has 0 aliphatic carbocycles. The smallest absolute Gasteiger partial charge is 0.0747 e. The van der Waals surface area contributed by atoms with Gasteiger partial charge in [-0.2, -0.15) is 0 Å². The Morgan fingerprint density at radius 3 is 2.71 bits per heavy atom. The van der Waals surface area contributed by atoms with Crippen molar-refractivity contribution in [1.29, 1.82) is 0 Å². The van der Waals surface area contributed by atoms with Crippen molar-refractivity contribution in [2.75, 3.05) is 45.9 Å². The minimum Gasteiger partial charge on any atom is -0.379 e. The summed E-state index contributed by atoms with van der Waals surface area (Å²) < 4.78 is 5.44. The van der Waals surface area contributed by atoms with E-state index in [1.54, 1.807) is 0 Å². The summed E-state index contributed by atoms with van der Waals surface area (Å²) in [6.45, 7) is 7.53. The maximum absolute atomic E-state index is 5.44. The number of hydrogen-bond donors (Lipinski definition) is 2. The van der Waals surface area contributed by atoms with Crippen molar-refractivity contribution in [2.45, 2.75) is 31.5 Å². The Balaban J connectivity index is 1.54. The highest BCUT2D eigenvalue weighted by atomic mass is 16.5. The third-order valence-corrected chi connectivity index (χ3v) is 4.18. The maximum Gasteiger partial charge on any atom is 0.0747 e. The number of rotatable bonds is 2. The van der Waals surface area contributed by atoms with Gasteiger partial charge in [-0.25, -0.2) is 5.01 Å². The van der Waals surface area contributed by atoms with Crippen molar-refractivity contribution >= 4 is 0 Å². The molecule has 0 aromatic heterocycles. The molecule has 0 spiro atoms. The van der Waals surface area contributed by atoms with Crippen LogP contribution < -0.4 is 10.7 Å². The zero-order valence-electron chi connectivity index (χ0n) is 10.5. The van der Waals surface area contributed by atoms with Crippen LogP contribution in [0, 0.1) is 0 Å². The lowest BCUT2D eigenvalue weighted by Crippen LogP contribution is -2.58. The Morgan fingerprint density at radius 2 is 1.94 bits per heavy atom. The van der Waals surface area contributed by atoms with E-state index >= 15 is 0 Å². The number of hydrogen-bond acceptors (Lipinski definition) is 5. The molecule has 3 saturated heterocycles. The number of piperidine rings is 1. The summed E-state index contributed by atoms with van der Waals surface area (Å²) in [5, 5.41) is 6.03. The van der Waals surface area contributed by atoms with Crippen LogP contribution in [0.2, 0.25) is 0 Å². The molecule has 17 heavy (non-hydrogen) atoms. The van der Waals surface area contributed by atoms with Gasteiger partial charge in [0.2, 0.25) is 0 Å². The third-order valence-electron chi connectivity index (χ3n) is 4.18. The molecule has 2 N–H and O–H groups in total. The third kappa shape index (κ3) is 2.80. The van der Waals surface area contributed by atoms with Crippen LogP contribution in [-0.4, -0.2) is 68.1 Å². The van der Waals surface area contributed by atoms with Crippen molar-refractivity contribution in [3.8, 4) is 0 Å². The highest BCUT2D eigenvalue weighted by Gasteiger charge is 2.31. The van der Waals surface area contributed by atoms with E-state index in [0.717, 1.165) is 45.4 Å². The van der Waals surface area contributed by atoms with Gasteiger partial charge in [-0.3, -0.25) is 10.3 Å². The van der Waals surface area contributed by atoms with Gasteiger partial charge in [0.15, 0.2) is 0 Å². The lowest BCUT2D eigenvalue weighted by atomic mass is 10.0. The molecule has 5 nitrogen and oxygen atoms in total. The number of nitrogens with zero attached hydrogens (tertiary/aromatic N) is 2. The van der Waals surface area contributed by atoms with Crippen LogP contribution in [0.25, 0.3) is 0 Å². The van der Waals surface area contributed by atoms with Crippen LogP contribution in [0.3, 0.4) is 0 Å². The molecule has 0 aromatic carbocycles. The fourth-order valence-corrected chi connectivity index (χ4v) is 3.20. The molecular formula is C12H24N4O. The van der Waals surface area contributed by atoms with Gasteiger partial charge < -0.3 is 10.1 Å². The average Bonchev–Trinajstić information content (AvgIpc) is 2.94. The van der Waals surface area contributed by atoms with Gasteiger partial charge >= 0.3 is 0 Å². The zero-order valence-corrected chi connectivity index (χ0v) is 10.5. The molecule has 0 saturated carbocycles. The normalized spacial score (nSPS) is 37.4. The molecule has 3 rings (SSSR count). The minimum atomic E-state index is 0.527. The molecule has 2 unspecified atom stereocenters. The minimum absolute atomic E-state index is 0.527. The molecular weight excluding hydrogens is 216 g/mol. The monoisotopic (exact) mass is 240 g/mol. The molecule has 0 radical (unpaired) electrons. The van der Waals surface area contributed by atoms with E-state index in [9.17, 15) is 0 Å². The van der Waals surface area contributed by atoms with Gasteiger partial charge in [0, 0.05) is 32.2 Å². The number of hydrazine groups is 1. The first kappa shape index (κ1) is 11.9. The van der Waals surface area contributed by atoms with E-state index in [-0.39, 0.29) is 0 Å². The van der Waals surface area contributed by atoms with E-state index < -0.39 is 0 Å². The summed E-state index contributed by atoms with van der Waals surface area (Å²) in [6.07, 6.45) is 4.33. The highest BCUT2D eigenvalue weighted by Crippen LogP contribution is 2.19. The average molecular weight is 240 g/mol. The molecule has 98 valence electrons. The van der Waals surface area contributed by atoms with Crippen molar-refractivity contribution in [1.82, 2.24) is 20.7 Å². The summed E-state index contributed by atoms with van der Waals surface area (Å²) >= 11 is 0. The van der Waals surface area contributed by atoms with E-state index in [0.29, 0.717) is 6.17 Å². The SMILES string of the molecule is C1CNN(C2CC(N3CCOCC3)CCN2)C1. The van der Waals surface area contributed by atoms with Gasteiger partial charge in [-0.15, -0.1) is 0 Å². The molecule has 3 aliphatic rings. The number of morpholine rings is 1. The van der Waals surface area contributed by atoms with E-state index in [2.05, 4.69) is 20.7 Å². The summed E-state index contributed by atoms with van der Waals surface area (Å²) in [5.41, 5.74) is 3.48. The van der Waals surface area contributed by atoms with Gasteiger partial charge in [0.25, 0.3) is 0 Å². The first-order valence-electron chi connectivity index (χ1n) is 6.99. The molecule has 3 aliphatic heterocycles. The first-order chi connectivity index (χ1) is 8.43. The topological polar surface area (TPSA) is 39.8 Å². The Hall–Kier alpha value is -0.200. The molecule has 0 amide bonds. The zero-order chi connectivity index (χ0) is 11.5. The summed E-state index contributed by atoms with van der Waals surface area (Å²) in [5.74, 6) is 0. The fourth-order valence-electron chi connectivity index (χ4n) is 3.20. The second kappa shape index (κ2) is 5.63. The van der Waals surface area contributed by atoms with E-state index in [4.69, 9.17) is 4.74 Å².